The number of benzene rings is 1. The highest BCUT2D eigenvalue weighted by atomic mass is 35.5. The smallest absolute Gasteiger partial charge is 0.180 e. The summed E-state index contributed by atoms with van der Waals surface area (Å²) in [4.78, 5) is 6.46. The highest BCUT2D eigenvalue weighted by Gasteiger charge is 2.26. The molecule has 7 heteroatoms. The van der Waals surface area contributed by atoms with E-state index in [0.29, 0.717) is 30.5 Å². The molecule has 22 heavy (non-hydrogen) atoms. The lowest BCUT2D eigenvalue weighted by molar-refractivity contribution is -0.0460. The van der Waals surface area contributed by atoms with E-state index in [0.717, 1.165) is 17.9 Å². The molecule has 0 bridgehead atoms. The summed E-state index contributed by atoms with van der Waals surface area (Å²) in [6, 6.07) is 7.38. The average Bonchev–Trinajstić information content (AvgIpc) is 2.94. The molecule has 0 radical (unpaired) electrons. The molecule has 0 saturated carbocycles. The molecule has 1 aliphatic heterocycles. The number of halogens is 1. The van der Waals surface area contributed by atoms with Gasteiger partial charge in [-0.15, -0.1) is 0 Å². The van der Waals surface area contributed by atoms with Gasteiger partial charge in [0.05, 0.1) is 12.7 Å². The normalized spacial score (nSPS) is 21.0. The minimum Gasteiger partial charge on any atom is -0.387 e. The number of morpholine rings is 1. The van der Waals surface area contributed by atoms with Crippen LogP contribution in [0.3, 0.4) is 0 Å². The van der Waals surface area contributed by atoms with E-state index in [1.165, 1.54) is 0 Å². The lowest BCUT2D eigenvalue weighted by Crippen LogP contribution is -2.40. The van der Waals surface area contributed by atoms with Gasteiger partial charge in [-0.1, -0.05) is 29.8 Å². The summed E-state index contributed by atoms with van der Waals surface area (Å²) in [7, 11) is 0. The van der Waals surface area contributed by atoms with E-state index in [-0.39, 0.29) is 6.10 Å². The maximum absolute atomic E-state index is 10.4. The van der Waals surface area contributed by atoms with Crippen LogP contribution in [0.25, 0.3) is 0 Å². The van der Waals surface area contributed by atoms with E-state index in [1.807, 2.05) is 25.1 Å². The molecule has 0 aliphatic carbocycles. The average molecular weight is 323 g/mol. The highest BCUT2D eigenvalue weighted by molar-refractivity contribution is 6.31. The molecular formula is C15H19ClN4O2. The van der Waals surface area contributed by atoms with Crippen molar-refractivity contribution in [3.63, 3.8) is 0 Å². The fraction of sp³-hybridized carbons (Fsp3) is 0.467. The van der Waals surface area contributed by atoms with Crippen LogP contribution in [0.1, 0.15) is 29.4 Å². The highest BCUT2D eigenvalue weighted by Crippen LogP contribution is 2.25. The Labute approximate surface area is 134 Å². The summed E-state index contributed by atoms with van der Waals surface area (Å²) in [6.45, 7) is 4.37. The van der Waals surface area contributed by atoms with Crippen molar-refractivity contribution in [2.75, 3.05) is 26.2 Å². The topological polar surface area (TPSA) is 74.3 Å². The van der Waals surface area contributed by atoms with Gasteiger partial charge < -0.3 is 9.84 Å². The first kappa shape index (κ1) is 15.4. The number of aliphatic hydroxyl groups excluding tert-OH is 1. The van der Waals surface area contributed by atoms with Gasteiger partial charge in [0.2, 0.25) is 0 Å². The van der Waals surface area contributed by atoms with Gasteiger partial charge in [-0.3, -0.25) is 10.00 Å². The van der Waals surface area contributed by atoms with Crippen molar-refractivity contribution in [3.05, 3.63) is 46.5 Å². The monoisotopic (exact) mass is 322 g/mol. The Hall–Kier alpha value is -1.47. The van der Waals surface area contributed by atoms with E-state index >= 15 is 0 Å². The second-order valence-electron chi connectivity index (χ2n) is 5.44. The maximum Gasteiger partial charge on any atom is 0.180 e. The number of aromatic amines is 1. The van der Waals surface area contributed by atoms with Gasteiger partial charge >= 0.3 is 0 Å². The lowest BCUT2D eigenvalue weighted by Gasteiger charge is -2.33. The molecule has 6 nitrogen and oxygen atoms in total. The molecule has 2 N–H and O–H groups in total. The Morgan fingerprint density at radius 1 is 1.50 bits per heavy atom. The number of β-amino-alcohol motifs (C(OH)–C–C–N with tert-alkyl or cyclic N) is 1. The number of aryl methyl sites for hydroxylation is 1. The molecule has 2 heterocycles. The summed E-state index contributed by atoms with van der Waals surface area (Å²) in [5.41, 5.74) is 0.751. The summed E-state index contributed by atoms with van der Waals surface area (Å²) >= 11 is 6.14. The Bertz CT molecular complexity index is 634. The molecule has 1 saturated heterocycles. The van der Waals surface area contributed by atoms with Crippen LogP contribution in [-0.2, 0) is 4.74 Å². The zero-order valence-electron chi connectivity index (χ0n) is 12.4. The van der Waals surface area contributed by atoms with Gasteiger partial charge in [-0.25, -0.2) is 4.98 Å². The van der Waals surface area contributed by atoms with Crippen LogP contribution in [-0.4, -0.2) is 51.4 Å². The van der Waals surface area contributed by atoms with Crippen molar-refractivity contribution in [1.29, 1.82) is 0 Å². The standard InChI is InChI=1S/C15H19ClN4O2/c1-10-17-15(19-18-10)14-9-20(6-7-22-14)8-13(21)11-4-2-3-5-12(11)16/h2-5,13-14,21H,6-9H2,1H3,(H,17,18,19)/t13-,14-/m1/s1. The fourth-order valence-electron chi connectivity index (χ4n) is 2.62. The molecule has 0 spiro atoms. The van der Waals surface area contributed by atoms with Crippen LogP contribution in [0.15, 0.2) is 24.3 Å². The van der Waals surface area contributed by atoms with E-state index in [2.05, 4.69) is 20.1 Å². The fourth-order valence-corrected chi connectivity index (χ4v) is 2.88. The number of aromatic nitrogens is 3. The quantitative estimate of drug-likeness (QED) is 0.899. The van der Waals surface area contributed by atoms with Crippen LogP contribution < -0.4 is 0 Å². The minimum atomic E-state index is -0.624. The zero-order chi connectivity index (χ0) is 15.5. The zero-order valence-corrected chi connectivity index (χ0v) is 13.1. The SMILES string of the molecule is Cc1nc([C@H]2CN(C[C@@H](O)c3ccccc3Cl)CCO2)n[nH]1. The van der Waals surface area contributed by atoms with E-state index in [4.69, 9.17) is 16.3 Å². The Morgan fingerprint density at radius 2 is 2.32 bits per heavy atom. The second-order valence-corrected chi connectivity index (χ2v) is 5.84. The van der Waals surface area contributed by atoms with Crippen LogP contribution in [0.2, 0.25) is 5.02 Å². The Balaban J connectivity index is 1.64. The maximum atomic E-state index is 10.4. The number of hydrogen-bond donors (Lipinski definition) is 2. The molecule has 0 unspecified atom stereocenters. The predicted molar refractivity (Wildman–Crippen MR) is 82.7 cm³/mol. The summed E-state index contributed by atoms with van der Waals surface area (Å²) in [5.74, 6) is 1.43. The third-order valence-corrected chi connectivity index (χ3v) is 4.09. The van der Waals surface area contributed by atoms with Gasteiger partial charge in [0.15, 0.2) is 5.82 Å². The minimum absolute atomic E-state index is 0.169. The van der Waals surface area contributed by atoms with E-state index in [1.54, 1.807) is 6.07 Å². The Kier molecular flexibility index (Phi) is 4.73. The second kappa shape index (κ2) is 6.75. The molecule has 1 aromatic carbocycles. The molecular weight excluding hydrogens is 304 g/mol. The van der Waals surface area contributed by atoms with Gasteiger partial charge in [-0.2, -0.15) is 5.10 Å². The summed E-state index contributed by atoms with van der Waals surface area (Å²) in [6.07, 6.45) is -0.793. The molecule has 3 rings (SSSR count). The van der Waals surface area contributed by atoms with Crippen molar-refractivity contribution in [2.24, 2.45) is 0 Å². The summed E-state index contributed by atoms with van der Waals surface area (Å²) in [5, 5.41) is 18.0. The van der Waals surface area contributed by atoms with E-state index < -0.39 is 6.10 Å². The number of nitrogens with one attached hydrogen (secondary N) is 1. The summed E-state index contributed by atoms with van der Waals surface area (Å²) < 4.78 is 5.72. The molecule has 0 amide bonds. The number of H-pyrrole nitrogens is 1. The third-order valence-electron chi connectivity index (χ3n) is 3.75. The molecule has 118 valence electrons. The first-order chi connectivity index (χ1) is 10.6. The third kappa shape index (κ3) is 3.47. The number of rotatable bonds is 4. The van der Waals surface area contributed by atoms with Crippen molar-refractivity contribution < 1.29 is 9.84 Å². The van der Waals surface area contributed by atoms with Crippen molar-refractivity contribution in [1.82, 2.24) is 20.1 Å². The van der Waals surface area contributed by atoms with Gasteiger partial charge in [0.25, 0.3) is 0 Å². The van der Waals surface area contributed by atoms with Crippen LogP contribution in [0, 0.1) is 6.92 Å². The van der Waals surface area contributed by atoms with Crippen LogP contribution >= 0.6 is 11.6 Å². The van der Waals surface area contributed by atoms with Crippen LogP contribution in [0.5, 0.6) is 0 Å². The van der Waals surface area contributed by atoms with Crippen molar-refractivity contribution in [3.8, 4) is 0 Å². The van der Waals surface area contributed by atoms with E-state index in [9.17, 15) is 5.11 Å². The molecule has 2 aromatic rings. The number of ether oxygens (including phenoxy) is 1. The van der Waals surface area contributed by atoms with Gasteiger partial charge in [-0.05, 0) is 13.0 Å². The molecule has 1 aliphatic rings. The Morgan fingerprint density at radius 3 is 3.05 bits per heavy atom. The number of nitrogens with zero attached hydrogens (tertiary/aromatic N) is 3. The number of hydrogen-bond acceptors (Lipinski definition) is 5. The molecule has 1 aromatic heterocycles. The van der Waals surface area contributed by atoms with Gasteiger partial charge in [0.1, 0.15) is 11.9 Å². The predicted octanol–water partition coefficient (Wildman–Crippen LogP) is 1.87. The lowest BCUT2D eigenvalue weighted by atomic mass is 10.1. The van der Waals surface area contributed by atoms with Crippen LogP contribution in [0.4, 0.5) is 0 Å². The molecule has 2 atom stereocenters. The number of aliphatic hydroxyl groups is 1. The largest absolute Gasteiger partial charge is 0.387 e. The first-order valence-corrected chi connectivity index (χ1v) is 7.66. The first-order valence-electron chi connectivity index (χ1n) is 7.29. The molecule has 1 fully saturated rings. The van der Waals surface area contributed by atoms with Gasteiger partial charge in [0, 0.05) is 30.2 Å². The van der Waals surface area contributed by atoms with Crippen molar-refractivity contribution >= 4 is 11.6 Å². The van der Waals surface area contributed by atoms with Crippen molar-refractivity contribution in [2.45, 2.75) is 19.1 Å².